The second-order valence-electron chi connectivity index (χ2n) is 5.81. The lowest BCUT2D eigenvalue weighted by molar-refractivity contribution is -0.123. The third kappa shape index (κ3) is 3.82. The number of fused-ring (bicyclic) bond motifs is 1. The van der Waals surface area contributed by atoms with E-state index >= 15 is 0 Å². The van der Waals surface area contributed by atoms with Crippen LogP contribution in [-0.4, -0.2) is 18.0 Å². The third-order valence-corrected chi connectivity index (χ3v) is 5.18. The summed E-state index contributed by atoms with van der Waals surface area (Å²) >= 11 is 1.45. The molecule has 0 saturated heterocycles. The Labute approximate surface area is 143 Å². The molecule has 24 heavy (non-hydrogen) atoms. The van der Waals surface area contributed by atoms with Gasteiger partial charge in [-0.25, -0.2) is 9.18 Å². The minimum absolute atomic E-state index is 0.380. The number of hydrogen-bond donors (Lipinski definition) is 1. The van der Waals surface area contributed by atoms with E-state index in [1.54, 1.807) is 0 Å². The standard InChI is InChI=1S/C18H18FNO3S/c1-11(17(21)20-14-8-6-13(19)7-9-14)23-18(22)16-10-12-4-2-3-5-15(12)24-16/h6-11H,2-5H2,1H3,(H,20,21). The molecule has 126 valence electrons. The van der Waals surface area contributed by atoms with Crippen LogP contribution < -0.4 is 5.32 Å². The lowest BCUT2D eigenvalue weighted by Crippen LogP contribution is -2.29. The molecule has 1 aromatic heterocycles. The zero-order valence-corrected chi connectivity index (χ0v) is 14.1. The van der Waals surface area contributed by atoms with Crippen LogP contribution in [-0.2, 0) is 22.4 Å². The van der Waals surface area contributed by atoms with Crippen molar-refractivity contribution in [1.29, 1.82) is 0 Å². The molecule has 1 aromatic carbocycles. The van der Waals surface area contributed by atoms with Gasteiger partial charge >= 0.3 is 5.97 Å². The number of nitrogens with one attached hydrogen (secondary N) is 1. The minimum Gasteiger partial charge on any atom is -0.448 e. The summed E-state index contributed by atoms with van der Waals surface area (Å²) in [6.45, 7) is 1.52. The van der Waals surface area contributed by atoms with E-state index in [9.17, 15) is 14.0 Å². The van der Waals surface area contributed by atoms with E-state index in [4.69, 9.17) is 4.74 Å². The van der Waals surface area contributed by atoms with Crippen molar-refractivity contribution in [1.82, 2.24) is 0 Å². The number of carbonyl (C=O) groups excluding carboxylic acids is 2. The molecule has 0 spiro atoms. The third-order valence-electron chi connectivity index (χ3n) is 3.96. The largest absolute Gasteiger partial charge is 0.448 e. The van der Waals surface area contributed by atoms with Gasteiger partial charge in [0, 0.05) is 10.6 Å². The summed E-state index contributed by atoms with van der Waals surface area (Å²) in [4.78, 5) is 26.1. The molecule has 1 aliphatic carbocycles. The topological polar surface area (TPSA) is 55.4 Å². The van der Waals surface area contributed by atoms with E-state index in [0.29, 0.717) is 10.6 Å². The van der Waals surface area contributed by atoms with Crippen molar-refractivity contribution in [3.63, 3.8) is 0 Å². The van der Waals surface area contributed by atoms with Crippen molar-refractivity contribution in [2.45, 2.75) is 38.7 Å². The molecule has 6 heteroatoms. The van der Waals surface area contributed by atoms with Gasteiger partial charge in [-0.2, -0.15) is 0 Å². The molecule has 0 saturated carbocycles. The van der Waals surface area contributed by atoms with Crippen LogP contribution in [0.15, 0.2) is 30.3 Å². The van der Waals surface area contributed by atoms with Crippen LogP contribution in [0.2, 0.25) is 0 Å². The van der Waals surface area contributed by atoms with Crippen LogP contribution >= 0.6 is 11.3 Å². The number of halogens is 1. The SMILES string of the molecule is CC(OC(=O)c1cc2c(s1)CCCC2)C(=O)Nc1ccc(F)cc1. The normalized spacial score (nSPS) is 14.6. The van der Waals surface area contributed by atoms with Gasteiger partial charge in [0.1, 0.15) is 10.7 Å². The van der Waals surface area contributed by atoms with Crippen LogP contribution in [0.4, 0.5) is 10.1 Å². The number of anilines is 1. The number of rotatable bonds is 4. The van der Waals surface area contributed by atoms with E-state index < -0.39 is 18.0 Å². The van der Waals surface area contributed by atoms with Crippen molar-refractivity contribution >= 4 is 28.9 Å². The average molecular weight is 347 g/mol. The summed E-state index contributed by atoms with van der Waals surface area (Å²) in [6.07, 6.45) is 3.38. The van der Waals surface area contributed by atoms with E-state index in [1.165, 1.54) is 53.0 Å². The first-order valence-electron chi connectivity index (χ1n) is 7.92. The summed E-state index contributed by atoms with van der Waals surface area (Å²) < 4.78 is 18.1. The summed E-state index contributed by atoms with van der Waals surface area (Å²) in [5, 5.41) is 2.60. The van der Waals surface area contributed by atoms with Crippen molar-refractivity contribution < 1.29 is 18.7 Å². The molecule has 1 heterocycles. The van der Waals surface area contributed by atoms with Gasteiger partial charge in [-0.3, -0.25) is 4.79 Å². The fourth-order valence-electron chi connectivity index (χ4n) is 2.64. The zero-order valence-electron chi connectivity index (χ0n) is 13.3. The molecule has 0 aliphatic heterocycles. The maximum Gasteiger partial charge on any atom is 0.349 e. The van der Waals surface area contributed by atoms with Crippen LogP contribution in [0.5, 0.6) is 0 Å². The Bertz CT molecular complexity index is 731. The molecule has 1 atom stereocenters. The molecule has 1 unspecified atom stereocenters. The van der Waals surface area contributed by atoms with E-state index in [0.717, 1.165) is 25.7 Å². The molecule has 1 amide bonds. The molecule has 4 nitrogen and oxygen atoms in total. The fourth-order valence-corrected chi connectivity index (χ4v) is 3.78. The number of thiophene rings is 1. The Hall–Kier alpha value is -2.21. The first kappa shape index (κ1) is 16.6. The highest BCUT2D eigenvalue weighted by Crippen LogP contribution is 2.30. The van der Waals surface area contributed by atoms with Crippen LogP contribution in [0, 0.1) is 5.82 Å². The predicted molar refractivity (Wildman–Crippen MR) is 90.9 cm³/mol. The van der Waals surface area contributed by atoms with Gasteiger partial charge in [0.2, 0.25) is 0 Å². The Morgan fingerprint density at radius 1 is 1.21 bits per heavy atom. The Morgan fingerprint density at radius 3 is 2.62 bits per heavy atom. The number of ether oxygens (including phenoxy) is 1. The van der Waals surface area contributed by atoms with Gasteiger partial charge in [0.05, 0.1) is 0 Å². The summed E-state index contributed by atoms with van der Waals surface area (Å²) in [6, 6.07) is 7.29. The molecule has 2 aromatic rings. The summed E-state index contributed by atoms with van der Waals surface area (Å²) in [7, 11) is 0. The van der Waals surface area contributed by atoms with Crippen molar-refractivity contribution in [2.75, 3.05) is 5.32 Å². The number of aryl methyl sites for hydroxylation is 2. The minimum atomic E-state index is -0.929. The molecule has 3 rings (SSSR count). The fraction of sp³-hybridized carbons (Fsp3) is 0.333. The number of benzene rings is 1. The van der Waals surface area contributed by atoms with Crippen molar-refractivity contribution in [2.24, 2.45) is 0 Å². The van der Waals surface area contributed by atoms with Crippen LogP contribution in [0.25, 0.3) is 0 Å². The molecular weight excluding hydrogens is 329 g/mol. The van der Waals surface area contributed by atoms with Crippen molar-refractivity contribution in [3.05, 3.63) is 51.5 Å². The lowest BCUT2D eigenvalue weighted by Gasteiger charge is -2.13. The van der Waals surface area contributed by atoms with E-state index in [2.05, 4.69) is 5.32 Å². The quantitative estimate of drug-likeness (QED) is 0.852. The number of carbonyl (C=O) groups is 2. The second-order valence-corrected chi connectivity index (χ2v) is 6.95. The number of amides is 1. The molecule has 1 aliphatic rings. The van der Waals surface area contributed by atoms with Crippen molar-refractivity contribution in [3.8, 4) is 0 Å². The maximum atomic E-state index is 12.9. The maximum absolute atomic E-state index is 12.9. The smallest absolute Gasteiger partial charge is 0.349 e. The summed E-state index contributed by atoms with van der Waals surface area (Å²) in [5.41, 5.74) is 1.68. The highest BCUT2D eigenvalue weighted by Gasteiger charge is 2.22. The van der Waals surface area contributed by atoms with Gasteiger partial charge in [-0.1, -0.05) is 0 Å². The van der Waals surface area contributed by atoms with Gasteiger partial charge in [-0.15, -0.1) is 11.3 Å². The highest BCUT2D eigenvalue weighted by molar-refractivity contribution is 7.14. The van der Waals surface area contributed by atoms with E-state index in [1.807, 2.05) is 6.07 Å². The molecule has 0 bridgehead atoms. The lowest BCUT2D eigenvalue weighted by atomic mass is 9.99. The first-order valence-corrected chi connectivity index (χ1v) is 8.73. The molecular formula is C18H18FNO3S. The first-order chi connectivity index (χ1) is 11.5. The zero-order chi connectivity index (χ0) is 17.1. The van der Waals surface area contributed by atoms with Gasteiger partial charge < -0.3 is 10.1 Å². The molecule has 0 fully saturated rings. The van der Waals surface area contributed by atoms with Gasteiger partial charge in [0.25, 0.3) is 5.91 Å². The summed E-state index contributed by atoms with van der Waals surface area (Å²) in [5.74, 6) is -1.30. The van der Waals surface area contributed by atoms with Gasteiger partial charge in [-0.05, 0) is 68.5 Å². The molecule has 0 radical (unpaired) electrons. The van der Waals surface area contributed by atoms with E-state index in [-0.39, 0.29) is 5.82 Å². The van der Waals surface area contributed by atoms with Crippen LogP contribution in [0.1, 0.15) is 39.9 Å². The Balaban J connectivity index is 1.60. The Kier molecular flexibility index (Phi) is 4.94. The number of hydrogen-bond acceptors (Lipinski definition) is 4. The second kappa shape index (κ2) is 7.13. The van der Waals surface area contributed by atoms with Gasteiger partial charge in [0.15, 0.2) is 6.10 Å². The Morgan fingerprint density at radius 2 is 1.92 bits per heavy atom. The monoisotopic (exact) mass is 347 g/mol. The number of esters is 1. The van der Waals surface area contributed by atoms with Crippen LogP contribution in [0.3, 0.4) is 0 Å². The molecule has 1 N–H and O–H groups in total. The predicted octanol–water partition coefficient (Wildman–Crippen LogP) is 3.95. The highest BCUT2D eigenvalue weighted by atomic mass is 32.1. The average Bonchev–Trinajstić information content (AvgIpc) is 3.01.